The minimum atomic E-state index is -0.712. The molecule has 1 heterocycles. The summed E-state index contributed by atoms with van der Waals surface area (Å²) >= 11 is 0. The Morgan fingerprint density at radius 2 is 1.83 bits per heavy atom. The van der Waals surface area contributed by atoms with Crippen LogP contribution >= 0.6 is 0 Å². The molecule has 1 aromatic rings. The summed E-state index contributed by atoms with van der Waals surface area (Å²) in [5.74, 6) is -1.33. The Hall–Kier alpha value is -1.40. The average Bonchev–Trinajstić information content (AvgIpc) is 2.68. The van der Waals surface area contributed by atoms with Crippen molar-refractivity contribution in [3.05, 3.63) is 35.1 Å². The first-order valence-corrected chi connectivity index (χ1v) is 8.34. The van der Waals surface area contributed by atoms with Gasteiger partial charge in [-0.1, -0.05) is 17.7 Å². The van der Waals surface area contributed by atoms with Gasteiger partial charge >= 0.3 is 13.1 Å². The Morgan fingerprint density at radius 3 is 2.38 bits per heavy atom. The van der Waals surface area contributed by atoms with Crippen LogP contribution in [0.1, 0.15) is 58.0 Å². The van der Waals surface area contributed by atoms with Crippen molar-refractivity contribution in [1.82, 2.24) is 0 Å². The molecular weight excluding hydrogens is 310 g/mol. The topological polar surface area (TPSA) is 44.8 Å². The van der Waals surface area contributed by atoms with Crippen molar-refractivity contribution in [2.45, 2.75) is 65.0 Å². The zero-order chi connectivity index (χ0) is 18.1. The van der Waals surface area contributed by atoms with E-state index in [1.165, 1.54) is 6.07 Å². The third kappa shape index (κ3) is 3.81. The minimum absolute atomic E-state index is 0.00500. The first kappa shape index (κ1) is 18.9. The summed E-state index contributed by atoms with van der Waals surface area (Å²) in [5.41, 5.74) is 0.230. The van der Waals surface area contributed by atoms with Gasteiger partial charge in [0.15, 0.2) is 0 Å². The van der Waals surface area contributed by atoms with Crippen LogP contribution in [-0.2, 0) is 18.8 Å². The third-order valence-corrected chi connectivity index (χ3v) is 4.84. The van der Waals surface area contributed by atoms with Crippen molar-refractivity contribution >= 4 is 13.1 Å². The maximum Gasteiger partial charge on any atom is 0.466 e. The van der Waals surface area contributed by atoms with Gasteiger partial charge in [0, 0.05) is 5.82 Å². The summed E-state index contributed by atoms with van der Waals surface area (Å²) < 4.78 is 31.6. The first-order valence-electron chi connectivity index (χ1n) is 8.34. The number of rotatable bonds is 5. The molecule has 0 aromatic heterocycles. The molecule has 1 aromatic carbocycles. The van der Waals surface area contributed by atoms with E-state index in [4.69, 9.17) is 14.0 Å². The largest absolute Gasteiger partial charge is 0.466 e. The van der Waals surface area contributed by atoms with Crippen molar-refractivity contribution in [2.75, 3.05) is 6.61 Å². The van der Waals surface area contributed by atoms with Crippen molar-refractivity contribution < 1.29 is 23.2 Å². The van der Waals surface area contributed by atoms with Crippen molar-refractivity contribution in [2.24, 2.45) is 0 Å². The highest BCUT2D eigenvalue weighted by Gasteiger charge is 2.54. The van der Waals surface area contributed by atoms with E-state index in [1.54, 1.807) is 19.1 Å². The molecular formula is C18H26BFO4. The van der Waals surface area contributed by atoms with Gasteiger partial charge in [-0.05, 0) is 53.2 Å². The fraction of sp³-hybridized carbons (Fsp3) is 0.611. The van der Waals surface area contributed by atoms with Crippen LogP contribution in [0.15, 0.2) is 18.2 Å². The fourth-order valence-corrected chi connectivity index (χ4v) is 2.75. The molecule has 6 heteroatoms. The molecule has 1 saturated heterocycles. The molecule has 0 spiro atoms. The quantitative estimate of drug-likeness (QED) is 0.606. The molecule has 1 aliphatic heterocycles. The van der Waals surface area contributed by atoms with E-state index in [2.05, 4.69) is 0 Å². The SMILES string of the molecule is CCOC(=O)CC(B1OC(C)(C)C(C)(C)O1)c1cc(C)ccc1F. The summed E-state index contributed by atoms with van der Waals surface area (Å²) in [5, 5.41) is 0. The van der Waals surface area contributed by atoms with Crippen molar-refractivity contribution in [1.29, 1.82) is 0 Å². The van der Waals surface area contributed by atoms with Crippen LogP contribution in [0.2, 0.25) is 0 Å². The lowest BCUT2D eigenvalue weighted by Gasteiger charge is -2.32. The first-order chi connectivity index (χ1) is 11.1. The van der Waals surface area contributed by atoms with Gasteiger partial charge in [0.1, 0.15) is 5.82 Å². The molecule has 1 aliphatic rings. The number of carbonyl (C=O) groups is 1. The second-order valence-corrected chi connectivity index (χ2v) is 7.27. The maximum atomic E-state index is 14.4. The van der Waals surface area contributed by atoms with Crippen LogP contribution < -0.4 is 0 Å². The molecule has 0 bridgehead atoms. The van der Waals surface area contributed by atoms with Gasteiger partial charge in [-0.2, -0.15) is 0 Å². The molecule has 1 fully saturated rings. The Balaban J connectivity index is 2.37. The highest BCUT2D eigenvalue weighted by Crippen LogP contribution is 2.42. The molecule has 0 aliphatic carbocycles. The van der Waals surface area contributed by atoms with E-state index >= 15 is 0 Å². The van der Waals surface area contributed by atoms with Gasteiger partial charge in [-0.15, -0.1) is 0 Å². The Labute approximate surface area is 143 Å². The molecule has 1 unspecified atom stereocenters. The predicted octanol–water partition coefficient (Wildman–Crippen LogP) is 3.80. The molecule has 0 N–H and O–H groups in total. The smallest absolute Gasteiger partial charge is 0.466 e. The van der Waals surface area contributed by atoms with Crippen LogP contribution in [0.25, 0.3) is 0 Å². The van der Waals surface area contributed by atoms with E-state index in [1.807, 2.05) is 34.6 Å². The van der Waals surface area contributed by atoms with Crippen LogP contribution in [0.3, 0.4) is 0 Å². The zero-order valence-corrected chi connectivity index (χ0v) is 15.3. The maximum absolute atomic E-state index is 14.4. The van der Waals surface area contributed by atoms with E-state index in [0.717, 1.165) is 5.56 Å². The monoisotopic (exact) mass is 336 g/mol. The number of hydrogen-bond donors (Lipinski definition) is 0. The van der Waals surface area contributed by atoms with E-state index < -0.39 is 30.1 Å². The summed E-state index contributed by atoms with van der Waals surface area (Å²) in [6.45, 7) is 11.6. The Morgan fingerprint density at radius 1 is 1.25 bits per heavy atom. The number of hydrogen-bond acceptors (Lipinski definition) is 4. The number of ether oxygens (including phenoxy) is 1. The predicted molar refractivity (Wildman–Crippen MR) is 91.2 cm³/mol. The number of aryl methyl sites for hydroxylation is 1. The lowest BCUT2D eigenvalue weighted by molar-refractivity contribution is -0.143. The zero-order valence-electron chi connectivity index (χ0n) is 15.3. The second kappa shape index (κ2) is 6.85. The second-order valence-electron chi connectivity index (χ2n) is 7.27. The molecule has 0 saturated carbocycles. The minimum Gasteiger partial charge on any atom is -0.466 e. The lowest BCUT2D eigenvalue weighted by Crippen LogP contribution is -2.41. The summed E-state index contributed by atoms with van der Waals surface area (Å²) in [6.07, 6.45) is 0.00500. The van der Waals surface area contributed by atoms with Crippen molar-refractivity contribution in [3.63, 3.8) is 0 Å². The van der Waals surface area contributed by atoms with Gasteiger partial charge in [0.2, 0.25) is 0 Å². The molecule has 132 valence electrons. The standard InChI is InChI=1S/C18H26BFO4/c1-7-22-16(21)11-14(13-10-12(2)8-9-15(13)20)19-23-17(3,4)18(5,6)24-19/h8-10,14H,7,11H2,1-6H3. The fourth-order valence-electron chi connectivity index (χ4n) is 2.75. The highest BCUT2D eigenvalue weighted by molar-refractivity contribution is 6.48. The molecule has 0 radical (unpaired) electrons. The normalized spacial score (nSPS) is 20.0. The molecule has 2 rings (SSSR count). The summed E-state index contributed by atoms with van der Waals surface area (Å²) in [4.78, 5) is 12.0. The molecule has 4 nitrogen and oxygen atoms in total. The van der Waals surface area contributed by atoms with E-state index in [-0.39, 0.29) is 18.8 Å². The molecule has 24 heavy (non-hydrogen) atoms. The third-order valence-electron chi connectivity index (χ3n) is 4.84. The number of carbonyl (C=O) groups excluding carboxylic acids is 1. The van der Waals surface area contributed by atoms with Gasteiger partial charge in [-0.3, -0.25) is 4.79 Å². The Kier molecular flexibility index (Phi) is 5.40. The van der Waals surface area contributed by atoms with E-state index in [9.17, 15) is 9.18 Å². The van der Waals surface area contributed by atoms with Gasteiger partial charge < -0.3 is 14.0 Å². The highest BCUT2D eigenvalue weighted by atomic mass is 19.1. The number of halogens is 1. The van der Waals surface area contributed by atoms with Crippen LogP contribution in [0, 0.1) is 12.7 Å². The molecule has 1 atom stereocenters. The average molecular weight is 336 g/mol. The van der Waals surface area contributed by atoms with Crippen LogP contribution in [-0.4, -0.2) is 30.9 Å². The number of esters is 1. The lowest BCUT2D eigenvalue weighted by atomic mass is 9.66. The molecule has 0 amide bonds. The summed E-state index contributed by atoms with van der Waals surface area (Å²) in [7, 11) is -0.712. The van der Waals surface area contributed by atoms with Crippen LogP contribution in [0.5, 0.6) is 0 Å². The van der Waals surface area contributed by atoms with Gasteiger partial charge in [-0.25, -0.2) is 4.39 Å². The van der Waals surface area contributed by atoms with Crippen molar-refractivity contribution in [3.8, 4) is 0 Å². The Bertz CT molecular complexity index is 599. The summed E-state index contributed by atoms with van der Waals surface area (Å²) in [6, 6.07) is 4.85. The van der Waals surface area contributed by atoms with E-state index in [0.29, 0.717) is 5.56 Å². The number of benzene rings is 1. The van der Waals surface area contributed by atoms with Gasteiger partial charge in [0.25, 0.3) is 0 Å². The van der Waals surface area contributed by atoms with Gasteiger partial charge in [0.05, 0.1) is 24.2 Å². The van der Waals surface area contributed by atoms with Crippen LogP contribution in [0.4, 0.5) is 4.39 Å².